The summed E-state index contributed by atoms with van der Waals surface area (Å²) in [6.07, 6.45) is 0. The van der Waals surface area contributed by atoms with Crippen molar-refractivity contribution in [3.63, 3.8) is 0 Å². The molecule has 4 N–H and O–H groups in total. The van der Waals surface area contributed by atoms with Gasteiger partial charge < -0.3 is 10.2 Å². The Morgan fingerprint density at radius 3 is 1.25 bits per heavy atom. The Morgan fingerprint density at radius 1 is 1.12 bits per heavy atom. The molecule has 0 rings (SSSR count). The van der Waals surface area contributed by atoms with Crippen molar-refractivity contribution in [1.82, 2.24) is 0 Å². The molecule has 0 radical (unpaired) electrons. The molecule has 0 amide bonds. The SMILES string of the molecule is O=[Se](O)O.OCCO. The van der Waals surface area contributed by atoms with Crippen molar-refractivity contribution < 1.29 is 22.4 Å². The largest absolute Gasteiger partial charge is 0.394 e. The maximum atomic E-state index is 8.76. The van der Waals surface area contributed by atoms with Gasteiger partial charge in [-0.05, 0) is 0 Å². The van der Waals surface area contributed by atoms with Gasteiger partial charge in [0, 0.05) is 0 Å². The molecule has 8 heavy (non-hydrogen) atoms. The minimum Gasteiger partial charge on any atom is -0.394 e. The van der Waals surface area contributed by atoms with Gasteiger partial charge in [0.1, 0.15) is 0 Å². The average Bonchev–Trinajstić information content (AvgIpc) is 1.65. The third-order valence-corrected chi connectivity index (χ3v) is 0.1000. The molecule has 0 saturated heterocycles. The van der Waals surface area contributed by atoms with Crippen LogP contribution in [0.25, 0.3) is 0 Å². The van der Waals surface area contributed by atoms with Crippen molar-refractivity contribution >= 4 is 14.5 Å². The Kier molecular flexibility index (Phi) is 14.1. The van der Waals surface area contributed by atoms with Crippen LogP contribution in [0.5, 0.6) is 0 Å². The van der Waals surface area contributed by atoms with E-state index in [0.717, 1.165) is 0 Å². The summed E-state index contributed by atoms with van der Waals surface area (Å²) in [5.74, 6) is 0. The standard InChI is InChI=1S/C2H6O2.H2O3Se/c3-1-2-4;1-4(2)3/h3-4H,1-2H2;(H2,1,2,3). The fourth-order valence-corrected chi connectivity index (χ4v) is 0. The Hall–Kier alpha value is 0.159. The summed E-state index contributed by atoms with van der Waals surface area (Å²) in [7, 11) is 0. The number of aliphatic hydroxyl groups excluding tert-OH is 2. The first-order valence-electron chi connectivity index (χ1n) is 1.66. The summed E-state index contributed by atoms with van der Waals surface area (Å²) < 4.78 is 23.1. The normalized spacial score (nSPS) is 8.12. The van der Waals surface area contributed by atoms with Gasteiger partial charge in [-0.15, -0.1) is 0 Å². The first-order chi connectivity index (χ1) is 3.65. The third-order valence-electron chi connectivity index (χ3n) is 0.1000. The molecule has 0 aromatic heterocycles. The smallest absolute Gasteiger partial charge is 0.0662 e. The first-order valence-corrected chi connectivity index (χ1v) is 3.90. The maximum Gasteiger partial charge on any atom is 0.0662 e. The molecule has 0 atom stereocenters. The number of hydrogen-bond acceptors (Lipinski definition) is 3. The van der Waals surface area contributed by atoms with Crippen LogP contribution in [0.1, 0.15) is 0 Å². The summed E-state index contributed by atoms with van der Waals surface area (Å²) in [5, 5.41) is 15.2. The molecule has 0 heterocycles. The quantitative estimate of drug-likeness (QED) is 0.339. The van der Waals surface area contributed by atoms with Gasteiger partial charge in [0.15, 0.2) is 0 Å². The predicted octanol–water partition coefficient (Wildman–Crippen LogP) is -2.64. The topological polar surface area (TPSA) is 98.0 Å². The average molecular weight is 191 g/mol. The number of aliphatic hydroxyl groups is 2. The molecule has 0 bridgehead atoms. The molecule has 0 spiro atoms. The van der Waals surface area contributed by atoms with Crippen molar-refractivity contribution in [2.75, 3.05) is 13.2 Å². The molecule has 52 valence electrons. The Morgan fingerprint density at radius 2 is 1.25 bits per heavy atom. The van der Waals surface area contributed by atoms with Gasteiger partial charge in [0.2, 0.25) is 0 Å². The van der Waals surface area contributed by atoms with E-state index in [1.165, 1.54) is 0 Å². The molecular formula is C2H8O5Se. The minimum absolute atomic E-state index is 0.125. The second-order valence-electron chi connectivity index (χ2n) is 0.678. The van der Waals surface area contributed by atoms with Crippen LogP contribution >= 0.6 is 0 Å². The van der Waals surface area contributed by atoms with Crippen molar-refractivity contribution in [2.24, 2.45) is 0 Å². The molecule has 0 aliphatic carbocycles. The molecule has 0 aromatic carbocycles. The van der Waals surface area contributed by atoms with Gasteiger partial charge in [-0.2, -0.15) is 0 Å². The minimum atomic E-state index is -3.29. The van der Waals surface area contributed by atoms with E-state index >= 15 is 0 Å². The molecule has 0 aliphatic rings. The van der Waals surface area contributed by atoms with Crippen LogP contribution in [-0.2, 0) is 3.83 Å². The van der Waals surface area contributed by atoms with Crippen LogP contribution in [-0.4, -0.2) is 46.3 Å². The zero-order valence-corrected chi connectivity index (χ0v) is 5.73. The summed E-state index contributed by atoms with van der Waals surface area (Å²) >= 11 is -3.29. The fourth-order valence-electron chi connectivity index (χ4n) is 0. The summed E-state index contributed by atoms with van der Waals surface area (Å²) in [6, 6.07) is 0. The van der Waals surface area contributed by atoms with Gasteiger partial charge in [-0.3, -0.25) is 0 Å². The summed E-state index contributed by atoms with van der Waals surface area (Å²) in [6.45, 7) is -0.250. The van der Waals surface area contributed by atoms with E-state index in [0.29, 0.717) is 0 Å². The van der Waals surface area contributed by atoms with Crippen LogP contribution in [0.4, 0.5) is 0 Å². The van der Waals surface area contributed by atoms with Gasteiger partial charge in [-0.1, -0.05) is 0 Å². The summed E-state index contributed by atoms with van der Waals surface area (Å²) in [4.78, 5) is 0. The molecule has 0 unspecified atom stereocenters. The van der Waals surface area contributed by atoms with Crippen molar-refractivity contribution in [2.45, 2.75) is 0 Å². The van der Waals surface area contributed by atoms with Gasteiger partial charge in [0.05, 0.1) is 13.2 Å². The Bertz CT molecular complexity index is 48.4. The van der Waals surface area contributed by atoms with Crippen molar-refractivity contribution in [3.05, 3.63) is 0 Å². The maximum absolute atomic E-state index is 8.76. The van der Waals surface area contributed by atoms with Gasteiger partial charge in [0.25, 0.3) is 0 Å². The van der Waals surface area contributed by atoms with E-state index in [9.17, 15) is 0 Å². The molecule has 6 heteroatoms. The molecule has 0 fully saturated rings. The first kappa shape index (κ1) is 11.0. The number of rotatable bonds is 1. The predicted molar refractivity (Wildman–Crippen MR) is 25.0 cm³/mol. The van der Waals surface area contributed by atoms with E-state index in [-0.39, 0.29) is 13.2 Å². The van der Waals surface area contributed by atoms with Crippen LogP contribution < -0.4 is 0 Å². The fraction of sp³-hybridized carbons (Fsp3) is 1.00. The van der Waals surface area contributed by atoms with E-state index in [4.69, 9.17) is 22.4 Å². The third kappa shape index (κ3) is 122. The van der Waals surface area contributed by atoms with E-state index in [2.05, 4.69) is 0 Å². The van der Waals surface area contributed by atoms with E-state index < -0.39 is 14.5 Å². The Labute approximate surface area is 50.9 Å². The van der Waals surface area contributed by atoms with Gasteiger partial charge >= 0.3 is 26.7 Å². The van der Waals surface area contributed by atoms with Crippen molar-refractivity contribution in [1.29, 1.82) is 0 Å². The second kappa shape index (κ2) is 10.2. The second-order valence-corrected chi connectivity index (χ2v) is 1.65. The zero-order valence-electron chi connectivity index (χ0n) is 4.02. The molecule has 0 aliphatic heterocycles. The Balaban J connectivity index is 0. The van der Waals surface area contributed by atoms with E-state index in [1.54, 1.807) is 0 Å². The van der Waals surface area contributed by atoms with Crippen LogP contribution in [0, 0.1) is 0 Å². The van der Waals surface area contributed by atoms with Gasteiger partial charge in [-0.25, -0.2) is 0 Å². The van der Waals surface area contributed by atoms with Crippen molar-refractivity contribution in [3.8, 4) is 0 Å². The van der Waals surface area contributed by atoms with Crippen LogP contribution in [0.3, 0.4) is 0 Å². The number of hydrogen-bond donors (Lipinski definition) is 4. The monoisotopic (exact) mass is 192 g/mol. The van der Waals surface area contributed by atoms with E-state index in [1.807, 2.05) is 0 Å². The summed E-state index contributed by atoms with van der Waals surface area (Å²) in [5.41, 5.74) is 0. The van der Waals surface area contributed by atoms with Crippen LogP contribution in [0.2, 0.25) is 0 Å². The molecular weight excluding hydrogens is 183 g/mol. The molecule has 0 aromatic rings. The molecule has 5 nitrogen and oxygen atoms in total. The zero-order chi connectivity index (χ0) is 6.99. The van der Waals surface area contributed by atoms with Crippen LogP contribution in [0.15, 0.2) is 0 Å². The molecule has 0 saturated carbocycles.